The number of ketones is 1. The van der Waals surface area contributed by atoms with E-state index in [0.717, 1.165) is 0 Å². The predicted octanol–water partition coefficient (Wildman–Crippen LogP) is 2.45. The monoisotopic (exact) mass is 458 g/mol. The first-order valence-corrected chi connectivity index (χ1v) is 10.7. The predicted molar refractivity (Wildman–Crippen MR) is 121 cm³/mol. The molecule has 178 valence electrons. The lowest BCUT2D eigenvalue weighted by Gasteiger charge is -2.33. The quantitative estimate of drug-likeness (QED) is 0.261. The van der Waals surface area contributed by atoms with Crippen molar-refractivity contribution in [3.63, 3.8) is 0 Å². The summed E-state index contributed by atoms with van der Waals surface area (Å²) in [5, 5.41) is 61.7. The fourth-order valence-electron chi connectivity index (χ4n) is 3.77. The van der Waals surface area contributed by atoms with Crippen molar-refractivity contribution in [3.05, 3.63) is 59.2 Å². The fourth-order valence-corrected chi connectivity index (χ4v) is 3.77. The van der Waals surface area contributed by atoms with E-state index < -0.39 is 41.0 Å². The molecule has 4 atom stereocenters. The Morgan fingerprint density at radius 1 is 1.09 bits per heavy atom. The molecular weight excluding hydrogens is 428 g/mol. The second-order valence-corrected chi connectivity index (χ2v) is 9.21. The second-order valence-electron chi connectivity index (χ2n) is 9.21. The van der Waals surface area contributed by atoms with Gasteiger partial charge in [0.15, 0.2) is 11.9 Å². The minimum absolute atomic E-state index is 0.00666. The van der Waals surface area contributed by atoms with Crippen LogP contribution in [0.2, 0.25) is 0 Å². The van der Waals surface area contributed by atoms with E-state index in [-0.39, 0.29) is 35.5 Å². The van der Waals surface area contributed by atoms with Gasteiger partial charge in [0.25, 0.3) is 0 Å². The molecule has 2 aromatic rings. The summed E-state index contributed by atoms with van der Waals surface area (Å²) in [6.07, 6.45) is -0.797. The summed E-state index contributed by atoms with van der Waals surface area (Å²) >= 11 is 0. The van der Waals surface area contributed by atoms with Crippen LogP contribution >= 0.6 is 0 Å². The van der Waals surface area contributed by atoms with Crippen LogP contribution in [-0.2, 0) is 0 Å². The molecule has 1 heterocycles. The van der Waals surface area contributed by atoms with E-state index in [2.05, 4.69) is 0 Å². The summed E-state index contributed by atoms with van der Waals surface area (Å²) < 4.78 is 5.70. The zero-order valence-electron chi connectivity index (χ0n) is 18.8. The minimum atomic E-state index is -1.60. The maximum Gasteiger partial charge on any atom is 0.189 e. The molecule has 0 aromatic heterocycles. The third kappa shape index (κ3) is 5.36. The Morgan fingerprint density at radius 3 is 2.33 bits per heavy atom. The van der Waals surface area contributed by atoms with E-state index in [9.17, 15) is 35.4 Å². The molecule has 0 unspecified atom stereocenters. The van der Waals surface area contributed by atoms with Crippen molar-refractivity contribution in [3.8, 4) is 17.2 Å². The van der Waals surface area contributed by atoms with Gasteiger partial charge in [0.1, 0.15) is 29.0 Å². The number of rotatable bonds is 8. The zero-order valence-corrected chi connectivity index (χ0v) is 18.8. The number of fused-ring (bicyclic) bond motifs is 1. The average Bonchev–Trinajstić information content (AvgIpc) is 3.09. The van der Waals surface area contributed by atoms with Gasteiger partial charge in [-0.25, -0.2) is 0 Å². The lowest BCUT2D eigenvalue weighted by atomic mass is 9.85. The van der Waals surface area contributed by atoms with Gasteiger partial charge in [0, 0.05) is 0 Å². The first-order valence-electron chi connectivity index (χ1n) is 10.7. The third-order valence-electron chi connectivity index (χ3n) is 5.95. The van der Waals surface area contributed by atoms with Crippen LogP contribution in [0.4, 0.5) is 0 Å². The molecule has 0 saturated heterocycles. The maximum atomic E-state index is 12.6. The van der Waals surface area contributed by atoms with E-state index >= 15 is 0 Å². The van der Waals surface area contributed by atoms with Gasteiger partial charge in [-0.05, 0) is 69.5 Å². The molecule has 0 radical (unpaired) electrons. The van der Waals surface area contributed by atoms with Crippen molar-refractivity contribution in [1.82, 2.24) is 0 Å². The lowest BCUT2D eigenvalue weighted by molar-refractivity contribution is -0.108. The molecule has 1 aliphatic rings. The molecular formula is C25H30O8. The van der Waals surface area contributed by atoms with Gasteiger partial charge < -0.3 is 35.4 Å². The number of aromatic hydroxyl groups is 2. The van der Waals surface area contributed by atoms with Gasteiger partial charge >= 0.3 is 0 Å². The molecule has 0 amide bonds. The van der Waals surface area contributed by atoms with E-state index in [1.54, 1.807) is 12.1 Å². The van der Waals surface area contributed by atoms with Crippen molar-refractivity contribution < 1.29 is 40.2 Å². The molecule has 33 heavy (non-hydrogen) atoms. The third-order valence-corrected chi connectivity index (χ3v) is 5.95. The number of aliphatic hydroxyl groups excluding tert-OH is 2. The highest BCUT2D eigenvalue weighted by molar-refractivity contribution is 6.09. The highest BCUT2D eigenvalue weighted by Crippen LogP contribution is 2.47. The molecule has 3 rings (SSSR count). The number of phenols is 2. The van der Waals surface area contributed by atoms with Crippen LogP contribution in [0.1, 0.15) is 61.2 Å². The summed E-state index contributed by atoms with van der Waals surface area (Å²) in [4.78, 5) is 12.6. The molecule has 0 saturated carbocycles. The smallest absolute Gasteiger partial charge is 0.189 e. The first-order chi connectivity index (χ1) is 15.3. The van der Waals surface area contributed by atoms with Crippen molar-refractivity contribution >= 4 is 11.9 Å². The standard InChI is InChI=1S/C25H30O8/c1-24(2,31)19(28)12-13-25(3,32)23-22(30)20-18(33-23)11-9-16(21(20)29)17(27)10-6-14-4-7-15(26)8-5-14/h4-11,19,22-23,26,28-32H,12-13H2,1-3H3/t19-,22+,23+,25+/m1/s1. The van der Waals surface area contributed by atoms with Gasteiger partial charge in [0.2, 0.25) is 0 Å². The lowest BCUT2D eigenvalue weighted by Crippen LogP contribution is -2.46. The number of ether oxygens (including phenoxy) is 1. The number of benzene rings is 2. The summed E-state index contributed by atoms with van der Waals surface area (Å²) in [5.74, 6) is -0.689. The number of allylic oxidation sites excluding steroid dienone is 1. The molecule has 8 heteroatoms. The van der Waals surface area contributed by atoms with Gasteiger partial charge in [-0.1, -0.05) is 18.2 Å². The van der Waals surface area contributed by atoms with Crippen molar-refractivity contribution in [2.24, 2.45) is 0 Å². The Kier molecular flexibility index (Phi) is 6.85. The zero-order chi connectivity index (χ0) is 24.6. The number of phenolic OH excluding ortho intramolecular Hbond substituents is 2. The number of aliphatic hydroxyl groups is 4. The van der Waals surface area contributed by atoms with Gasteiger partial charge in [0.05, 0.1) is 22.8 Å². The number of carbonyl (C=O) groups is 1. The molecule has 0 aliphatic carbocycles. The number of hydrogen-bond donors (Lipinski definition) is 6. The molecule has 6 N–H and O–H groups in total. The molecule has 0 fully saturated rings. The Hall–Kier alpha value is -2.91. The van der Waals surface area contributed by atoms with E-state index in [0.29, 0.717) is 5.56 Å². The van der Waals surface area contributed by atoms with Crippen molar-refractivity contribution in [2.45, 2.75) is 63.1 Å². The molecule has 8 nitrogen and oxygen atoms in total. The van der Waals surface area contributed by atoms with E-state index in [1.807, 2.05) is 0 Å². The van der Waals surface area contributed by atoms with Gasteiger partial charge in [-0.2, -0.15) is 0 Å². The Balaban J connectivity index is 1.78. The summed E-state index contributed by atoms with van der Waals surface area (Å²) in [6, 6.07) is 9.04. The summed E-state index contributed by atoms with van der Waals surface area (Å²) in [7, 11) is 0. The van der Waals surface area contributed by atoms with Crippen LogP contribution in [0.15, 0.2) is 42.5 Å². The van der Waals surface area contributed by atoms with E-state index in [4.69, 9.17) is 4.74 Å². The number of hydrogen-bond acceptors (Lipinski definition) is 8. The van der Waals surface area contributed by atoms with Crippen LogP contribution in [0.25, 0.3) is 6.08 Å². The van der Waals surface area contributed by atoms with Gasteiger partial charge in [-0.15, -0.1) is 0 Å². The minimum Gasteiger partial charge on any atom is -0.508 e. The Morgan fingerprint density at radius 2 is 1.73 bits per heavy atom. The highest BCUT2D eigenvalue weighted by Gasteiger charge is 2.47. The molecule has 2 aromatic carbocycles. The second kappa shape index (κ2) is 9.15. The largest absolute Gasteiger partial charge is 0.508 e. The molecule has 0 spiro atoms. The fraction of sp³-hybridized carbons (Fsp3) is 0.400. The van der Waals surface area contributed by atoms with Crippen molar-refractivity contribution in [1.29, 1.82) is 0 Å². The van der Waals surface area contributed by atoms with Crippen LogP contribution < -0.4 is 4.74 Å². The summed E-state index contributed by atoms with van der Waals surface area (Å²) in [5.41, 5.74) is -2.30. The maximum absolute atomic E-state index is 12.6. The highest BCUT2D eigenvalue weighted by atomic mass is 16.5. The normalized spacial score (nSPS) is 20.8. The van der Waals surface area contributed by atoms with Crippen LogP contribution in [-0.4, -0.2) is 59.8 Å². The SMILES string of the molecule is CC(C)(O)[C@H](O)CC[C@](C)(O)[C@H]1Oc2ccc(C(=O)C=Cc3ccc(O)cc3)c(O)c2[C@@H]1O. The molecule has 1 aliphatic heterocycles. The van der Waals surface area contributed by atoms with Crippen LogP contribution in [0, 0.1) is 0 Å². The molecule has 0 bridgehead atoms. The topological polar surface area (TPSA) is 148 Å². The summed E-state index contributed by atoms with van der Waals surface area (Å²) in [6.45, 7) is 4.35. The average molecular weight is 459 g/mol. The van der Waals surface area contributed by atoms with Gasteiger partial charge in [-0.3, -0.25) is 4.79 Å². The Bertz CT molecular complexity index is 1030. The number of carbonyl (C=O) groups excluding carboxylic acids is 1. The van der Waals surface area contributed by atoms with E-state index in [1.165, 1.54) is 57.2 Å². The van der Waals surface area contributed by atoms with Crippen molar-refractivity contribution in [2.75, 3.05) is 0 Å². The Labute approximate surface area is 192 Å². The van der Waals surface area contributed by atoms with Crippen LogP contribution in [0.3, 0.4) is 0 Å². The first kappa shape index (κ1) is 24.7. The van der Waals surface area contributed by atoms with Crippen LogP contribution in [0.5, 0.6) is 17.2 Å².